The molecule has 0 aromatic carbocycles. The highest BCUT2D eigenvalue weighted by Crippen LogP contribution is 2.14. The van der Waals surface area contributed by atoms with Crippen LogP contribution < -0.4 is 10.1 Å². The molecule has 2 aliphatic rings. The van der Waals surface area contributed by atoms with E-state index in [1.54, 1.807) is 12.1 Å². The molecular weight excluding hydrogens is 310 g/mol. The summed E-state index contributed by atoms with van der Waals surface area (Å²) in [4.78, 5) is 29.6. The van der Waals surface area contributed by atoms with Crippen molar-refractivity contribution < 1.29 is 19.1 Å². The molecular formula is C17H23N3O4. The molecule has 2 aliphatic heterocycles. The van der Waals surface area contributed by atoms with Crippen molar-refractivity contribution in [1.29, 1.82) is 0 Å². The molecule has 2 saturated heterocycles. The van der Waals surface area contributed by atoms with Crippen LogP contribution in [0, 0.1) is 0 Å². The van der Waals surface area contributed by atoms with E-state index < -0.39 is 0 Å². The molecule has 1 atom stereocenters. The Morgan fingerprint density at radius 1 is 1.46 bits per heavy atom. The van der Waals surface area contributed by atoms with Crippen molar-refractivity contribution >= 4 is 11.8 Å². The molecule has 1 N–H and O–H groups in total. The van der Waals surface area contributed by atoms with Crippen molar-refractivity contribution in [2.75, 3.05) is 32.8 Å². The number of rotatable bonds is 7. The number of nitrogens with one attached hydrogen (secondary N) is 1. The normalized spacial score (nSPS) is 20.4. The first-order chi connectivity index (χ1) is 11.7. The molecule has 7 heteroatoms. The van der Waals surface area contributed by atoms with Gasteiger partial charge in [0, 0.05) is 44.7 Å². The van der Waals surface area contributed by atoms with Gasteiger partial charge in [-0.1, -0.05) is 0 Å². The molecule has 0 aliphatic carbocycles. The third-order valence-electron chi connectivity index (χ3n) is 4.24. The average molecular weight is 333 g/mol. The number of pyridine rings is 1. The van der Waals surface area contributed by atoms with Gasteiger partial charge in [-0.15, -0.1) is 0 Å². The lowest BCUT2D eigenvalue weighted by Gasteiger charge is -2.15. The zero-order valence-electron chi connectivity index (χ0n) is 13.7. The van der Waals surface area contributed by atoms with E-state index >= 15 is 0 Å². The zero-order valence-corrected chi connectivity index (χ0v) is 13.7. The number of hydrogen-bond donors (Lipinski definition) is 1. The largest absolute Gasteiger partial charge is 0.472 e. The van der Waals surface area contributed by atoms with E-state index in [1.165, 1.54) is 6.20 Å². The average Bonchev–Trinajstić information content (AvgIpc) is 3.24. The smallest absolute Gasteiger partial charge is 0.252 e. The van der Waals surface area contributed by atoms with E-state index in [-0.39, 0.29) is 17.9 Å². The maximum absolute atomic E-state index is 12.1. The van der Waals surface area contributed by atoms with Gasteiger partial charge in [-0.2, -0.15) is 0 Å². The van der Waals surface area contributed by atoms with Crippen LogP contribution in [0.2, 0.25) is 0 Å². The van der Waals surface area contributed by atoms with Crippen molar-refractivity contribution in [3.63, 3.8) is 0 Å². The van der Waals surface area contributed by atoms with Crippen LogP contribution in [-0.2, 0) is 9.53 Å². The van der Waals surface area contributed by atoms with E-state index in [1.807, 2.05) is 4.90 Å². The van der Waals surface area contributed by atoms with Gasteiger partial charge in [0.15, 0.2) is 0 Å². The summed E-state index contributed by atoms with van der Waals surface area (Å²) >= 11 is 0. The number of carbonyl (C=O) groups is 2. The summed E-state index contributed by atoms with van der Waals surface area (Å²) in [5.41, 5.74) is 0.502. The molecule has 3 rings (SSSR count). The fraction of sp³-hybridized carbons (Fsp3) is 0.588. The van der Waals surface area contributed by atoms with Crippen LogP contribution in [0.3, 0.4) is 0 Å². The van der Waals surface area contributed by atoms with Gasteiger partial charge in [-0.3, -0.25) is 9.59 Å². The first-order valence-corrected chi connectivity index (χ1v) is 8.49. The Labute approximate surface area is 141 Å². The minimum Gasteiger partial charge on any atom is -0.472 e. The second-order valence-electron chi connectivity index (χ2n) is 6.08. The third kappa shape index (κ3) is 4.44. The summed E-state index contributed by atoms with van der Waals surface area (Å²) in [7, 11) is 0. The molecule has 7 nitrogen and oxygen atoms in total. The van der Waals surface area contributed by atoms with Crippen LogP contribution in [0.4, 0.5) is 0 Å². The quantitative estimate of drug-likeness (QED) is 0.753. The maximum atomic E-state index is 12.1. The summed E-state index contributed by atoms with van der Waals surface area (Å²) in [5.74, 6) is 0.564. The Kier molecular flexibility index (Phi) is 5.63. The van der Waals surface area contributed by atoms with E-state index in [9.17, 15) is 9.59 Å². The maximum Gasteiger partial charge on any atom is 0.252 e. The van der Waals surface area contributed by atoms with Crippen LogP contribution >= 0.6 is 0 Å². The van der Waals surface area contributed by atoms with Gasteiger partial charge in [0.05, 0.1) is 18.8 Å². The lowest BCUT2D eigenvalue weighted by Crippen LogP contribution is -2.30. The van der Waals surface area contributed by atoms with E-state index in [0.717, 1.165) is 25.8 Å². The van der Waals surface area contributed by atoms with Crippen LogP contribution in [0.1, 0.15) is 36.0 Å². The van der Waals surface area contributed by atoms with E-state index in [4.69, 9.17) is 9.47 Å². The van der Waals surface area contributed by atoms with Crippen LogP contribution in [-0.4, -0.2) is 60.7 Å². The van der Waals surface area contributed by atoms with Gasteiger partial charge in [-0.05, 0) is 18.9 Å². The molecule has 0 saturated carbocycles. The molecule has 24 heavy (non-hydrogen) atoms. The summed E-state index contributed by atoms with van der Waals surface area (Å²) in [5, 5.41) is 2.85. The molecule has 0 spiro atoms. The molecule has 130 valence electrons. The lowest BCUT2D eigenvalue weighted by molar-refractivity contribution is -0.127. The number of likely N-dealkylation sites (tertiary alicyclic amines) is 1. The summed E-state index contributed by atoms with van der Waals surface area (Å²) in [6.45, 7) is 3.38. The Bertz CT molecular complexity index is 570. The molecule has 2 amide bonds. The van der Waals surface area contributed by atoms with Gasteiger partial charge in [0.25, 0.3) is 5.91 Å². The Morgan fingerprint density at radius 2 is 2.38 bits per heavy atom. The zero-order chi connectivity index (χ0) is 16.8. The predicted molar refractivity (Wildman–Crippen MR) is 86.9 cm³/mol. The Balaban J connectivity index is 1.39. The van der Waals surface area contributed by atoms with Gasteiger partial charge >= 0.3 is 0 Å². The highest BCUT2D eigenvalue weighted by molar-refractivity contribution is 5.93. The second kappa shape index (κ2) is 8.10. The van der Waals surface area contributed by atoms with E-state index in [2.05, 4.69) is 10.3 Å². The molecule has 3 heterocycles. The molecule has 2 fully saturated rings. The summed E-state index contributed by atoms with van der Waals surface area (Å²) in [6, 6.07) is 3.41. The first-order valence-electron chi connectivity index (χ1n) is 8.49. The SMILES string of the molecule is O=C(NCCCN1CCCC1=O)c1ccc(OC2CCOC2)nc1. The molecule has 1 aromatic rings. The van der Waals surface area contributed by atoms with Gasteiger partial charge < -0.3 is 19.7 Å². The van der Waals surface area contributed by atoms with Crippen molar-refractivity contribution in [2.24, 2.45) is 0 Å². The fourth-order valence-corrected chi connectivity index (χ4v) is 2.88. The van der Waals surface area contributed by atoms with E-state index in [0.29, 0.717) is 44.2 Å². The van der Waals surface area contributed by atoms with Gasteiger partial charge in [0.1, 0.15) is 6.10 Å². The van der Waals surface area contributed by atoms with Crippen molar-refractivity contribution in [3.8, 4) is 5.88 Å². The van der Waals surface area contributed by atoms with Crippen molar-refractivity contribution in [3.05, 3.63) is 23.9 Å². The van der Waals surface area contributed by atoms with Crippen LogP contribution in [0.25, 0.3) is 0 Å². The minimum atomic E-state index is -0.161. The van der Waals surface area contributed by atoms with Gasteiger partial charge in [-0.25, -0.2) is 4.98 Å². The summed E-state index contributed by atoms with van der Waals surface area (Å²) in [6.07, 6.45) is 4.78. The fourth-order valence-electron chi connectivity index (χ4n) is 2.88. The molecule has 0 radical (unpaired) electrons. The highest BCUT2D eigenvalue weighted by Gasteiger charge is 2.19. The lowest BCUT2D eigenvalue weighted by atomic mass is 10.2. The highest BCUT2D eigenvalue weighted by atomic mass is 16.5. The first kappa shape index (κ1) is 16.7. The number of ether oxygens (including phenoxy) is 2. The molecule has 1 aromatic heterocycles. The summed E-state index contributed by atoms with van der Waals surface area (Å²) < 4.78 is 10.9. The predicted octanol–water partition coefficient (Wildman–Crippen LogP) is 0.992. The van der Waals surface area contributed by atoms with Crippen molar-refractivity contribution in [1.82, 2.24) is 15.2 Å². The monoisotopic (exact) mass is 333 g/mol. The number of hydrogen-bond acceptors (Lipinski definition) is 5. The number of carbonyl (C=O) groups excluding carboxylic acids is 2. The molecule has 1 unspecified atom stereocenters. The number of aromatic nitrogens is 1. The third-order valence-corrected chi connectivity index (χ3v) is 4.24. The number of amides is 2. The minimum absolute atomic E-state index is 0.0467. The standard InChI is InChI=1S/C17H23N3O4/c21-16-3-1-8-20(16)9-2-7-18-17(22)13-4-5-15(19-11-13)24-14-6-10-23-12-14/h4-5,11,14H,1-3,6-10,12H2,(H,18,22). The number of nitrogens with zero attached hydrogens (tertiary/aromatic N) is 2. The van der Waals surface area contributed by atoms with Crippen molar-refractivity contribution in [2.45, 2.75) is 31.8 Å². The van der Waals surface area contributed by atoms with Gasteiger partial charge in [0.2, 0.25) is 11.8 Å². The Morgan fingerprint density at radius 3 is 3.04 bits per heavy atom. The second-order valence-corrected chi connectivity index (χ2v) is 6.08. The van der Waals surface area contributed by atoms with Crippen LogP contribution in [0.5, 0.6) is 5.88 Å². The van der Waals surface area contributed by atoms with Crippen LogP contribution in [0.15, 0.2) is 18.3 Å². The Hall–Kier alpha value is -2.15. The topological polar surface area (TPSA) is 80.8 Å². The molecule has 0 bridgehead atoms.